The Morgan fingerprint density at radius 2 is 2.28 bits per heavy atom. The second-order valence-electron chi connectivity index (χ2n) is 6.54. The van der Waals surface area contributed by atoms with Gasteiger partial charge in [0.1, 0.15) is 5.76 Å². The van der Waals surface area contributed by atoms with Crippen molar-refractivity contribution in [1.29, 1.82) is 0 Å². The van der Waals surface area contributed by atoms with Crippen LogP contribution < -0.4 is 0 Å². The molecule has 6 nitrogen and oxygen atoms in total. The van der Waals surface area contributed by atoms with Crippen LogP contribution >= 0.6 is 0 Å². The summed E-state index contributed by atoms with van der Waals surface area (Å²) in [6.45, 7) is 5.77. The van der Waals surface area contributed by atoms with Crippen LogP contribution in [0.25, 0.3) is 0 Å². The molecule has 2 aromatic rings. The number of aromatic nitrogens is 2. The maximum Gasteiger partial charge on any atom is 0.222 e. The first-order chi connectivity index (χ1) is 12.1. The Kier molecular flexibility index (Phi) is 5.81. The Morgan fingerprint density at radius 1 is 1.40 bits per heavy atom. The number of ether oxygens (including phenoxy) is 1. The molecule has 1 saturated heterocycles. The number of likely N-dealkylation sites (tertiary alicyclic amines) is 1. The van der Waals surface area contributed by atoms with E-state index in [1.807, 2.05) is 36.9 Å². The highest BCUT2D eigenvalue weighted by atomic mass is 16.5. The summed E-state index contributed by atoms with van der Waals surface area (Å²) in [7, 11) is 0. The van der Waals surface area contributed by atoms with E-state index in [-0.39, 0.29) is 12.0 Å². The van der Waals surface area contributed by atoms with Gasteiger partial charge in [0.25, 0.3) is 0 Å². The maximum absolute atomic E-state index is 12.5. The highest BCUT2D eigenvalue weighted by molar-refractivity contribution is 5.76. The molecule has 0 aromatic carbocycles. The van der Waals surface area contributed by atoms with Crippen LogP contribution in [0, 0.1) is 13.8 Å². The molecule has 0 saturated carbocycles. The molecule has 3 rings (SSSR count). The molecule has 2 aromatic heterocycles. The predicted molar refractivity (Wildman–Crippen MR) is 92.9 cm³/mol. The van der Waals surface area contributed by atoms with E-state index in [2.05, 4.69) is 10.1 Å². The van der Waals surface area contributed by atoms with Gasteiger partial charge in [-0.3, -0.25) is 9.78 Å². The van der Waals surface area contributed by atoms with Gasteiger partial charge >= 0.3 is 0 Å². The fourth-order valence-corrected chi connectivity index (χ4v) is 3.24. The first-order valence-corrected chi connectivity index (χ1v) is 8.84. The monoisotopic (exact) mass is 343 g/mol. The molecule has 1 aliphatic heterocycles. The fraction of sp³-hybridized carbons (Fsp3) is 0.526. The van der Waals surface area contributed by atoms with E-state index < -0.39 is 0 Å². The molecule has 6 heteroatoms. The first kappa shape index (κ1) is 17.6. The number of nitrogens with zero attached hydrogens (tertiary/aromatic N) is 3. The van der Waals surface area contributed by atoms with Gasteiger partial charge in [0.05, 0.1) is 24.1 Å². The number of carbonyl (C=O) groups is 1. The van der Waals surface area contributed by atoms with Crippen LogP contribution in [-0.2, 0) is 22.6 Å². The third-order valence-electron chi connectivity index (χ3n) is 4.69. The van der Waals surface area contributed by atoms with Gasteiger partial charge in [0.15, 0.2) is 0 Å². The maximum atomic E-state index is 12.5. The van der Waals surface area contributed by atoms with Crippen LogP contribution in [0.4, 0.5) is 0 Å². The van der Waals surface area contributed by atoms with Crippen molar-refractivity contribution in [2.24, 2.45) is 0 Å². The fourth-order valence-electron chi connectivity index (χ4n) is 3.24. The number of piperidine rings is 1. The van der Waals surface area contributed by atoms with E-state index in [1.54, 1.807) is 6.20 Å². The Hall–Kier alpha value is -2.21. The van der Waals surface area contributed by atoms with Crippen molar-refractivity contribution < 1.29 is 14.1 Å². The van der Waals surface area contributed by atoms with E-state index in [4.69, 9.17) is 9.26 Å². The number of carbonyl (C=O) groups excluding carboxylic acids is 1. The van der Waals surface area contributed by atoms with Crippen molar-refractivity contribution in [2.75, 3.05) is 13.1 Å². The lowest BCUT2D eigenvalue weighted by molar-refractivity contribution is -0.135. The number of hydrogen-bond donors (Lipinski definition) is 0. The highest BCUT2D eigenvalue weighted by Crippen LogP contribution is 2.18. The smallest absolute Gasteiger partial charge is 0.222 e. The minimum atomic E-state index is 0.0822. The number of rotatable bonds is 6. The summed E-state index contributed by atoms with van der Waals surface area (Å²) in [6, 6.07) is 5.80. The van der Waals surface area contributed by atoms with Crippen molar-refractivity contribution in [1.82, 2.24) is 15.0 Å². The van der Waals surface area contributed by atoms with Crippen LogP contribution in [0.15, 0.2) is 28.9 Å². The lowest BCUT2D eigenvalue weighted by Crippen LogP contribution is -2.43. The van der Waals surface area contributed by atoms with Gasteiger partial charge in [-0.1, -0.05) is 11.2 Å². The van der Waals surface area contributed by atoms with Gasteiger partial charge in [0.2, 0.25) is 5.91 Å². The van der Waals surface area contributed by atoms with Crippen molar-refractivity contribution in [3.8, 4) is 0 Å². The molecule has 0 radical (unpaired) electrons. The van der Waals surface area contributed by atoms with Crippen LogP contribution in [0.1, 0.15) is 42.0 Å². The van der Waals surface area contributed by atoms with E-state index in [9.17, 15) is 4.79 Å². The minimum absolute atomic E-state index is 0.0822. The van der Waals surface area contributed by atoms with E-state index in [0.717, 1.165) is 42.1 Å². The lowest BCUT2D eigenvalue weighted by Gasteiger charge is -2.32. The molecule has 25 heavy (non-hydrogen) atoms. The Labute approximate surface area is 148 Å². The SMILES string of the molecule is Cc1noc(C)c1CCC(=O)N1CCC[C@H](OCc2ccccn2)C1. The van der Waals surface area contributed by atoms with Crippen LogP contribution in [0.3, 0.4) is 0 Å². The molecular formula is C19H25N3O3. The van der Waals surface area contributed by atoms with E-state index in [1.165, 1.54) is 0 Å². The lowest BCUT2D eigenvalue weighted by atomic mass is 10.1. The highest BCUT2D eigenvalue weighted by Gasteiger charge is 2.24. The van der Waals surface area contributed by atoms with Crippen LogP contribution in [-0.4, -0.2) is 40.1 Å². The van der Waals surface area contributed by atoms with Gasteiger partial charge in [-0.15, -0.1) is 0 Å². The Bertz CT molecular complexity index is 680. The van der Waals surface area contributed by atoms with E-state index >= 15 is 0 Å². The molecule has 0 spiro atoms. The van der Waals surface area contributed by atoms with Crippen LogP contribution in [0.5, 0.6) is 0 Å². The minimum Gasteiger partial charge on any atom is -0.370 e. The molecule has 1 atom stereocenters. The normalized spacial score (nSPS) is 17.7. The average Bonchev–Trinajstić information content (AvgIpc) is 2.97. The summed E-state index contributed by atoms with van der Waals surface area (Å²) in [5.74, 6) is 0.978. The summed E-state index contributed by atoms with van der Waals surface area (Å²) in [5.41, 5.74) is 2.85. The van der Waals surface area contributed by atoms with Gasteiger partial charge < -0.3 is 14.2 Å². The molecule has 0 aliphatic carbocycles. The second-order valence-corrected chi connectivity index (χ2v) is 6.54. The summed E-state index contributed by atoms with van der Waals surface area (Å²) in [5, 5.41) is 3.95. The van der Waals surface area contributed by atoms with Crippen molar-refractivity contribution in [3.05, 3.63) is 47.1 Å². The van der Waals surface area contributed by atoms with Gasteiger partial charge in [-0.05, 0) is 45.2 Å². The summed E-state index contributed by atoms with van der Waals surface area (Å²) in [6.07, 6.45) is 4.97. The largest absolute Gasteiger partial charge is 0.370 e. The van der Waals surface area contributed by atoms with Crippen LogP contribution in [0.2, 0.25) is 0 Å². The molecule has 0 unspecified atom stereocenters. The quantitative estimate of drug-likeness (QED) is 0.807. The third kappa shape index (κ3) is 4.66. The molecular weight excluding hydrogens is 318 g/mol. The third-order valence-corrected chi connectivity index (χ3v) is 4.69. The zero-order valence-electron chi connectivity index (χ0n) is 14.9. The zero-order valence-corrected chi connectivity index (χ0v) is 14.9. The summed E-state index contributed by atoms with van der Waals surface area (Å²) >= 11 is 0. The van der Waals surface area contributed by atoms with Gasteiger partial charge in [0, 0.05) is 31.3 Å². The van der Waals surface area contributed by atoms with Crippen molar-refractivity contribution in [2.45, 2.75) is 52.2 Å². The zero-order chi connectivity index (χ0) is 17.6. The molecule has 1 aliphatic rings. The van der Waals surface area contributed by atoms with E-state index in [0.29, 0.717) is 26.0 Å². The average molecular weight is 343 g/mol. The van der Waals surface area contributed by atoms with Crippen molar-refractivity contribution in [3.63, 3.8) is 0 Å². The number of aryl methyl sites for hydroxylation is 2. The number of pyridine rings is 1. The molecule has 0 bridgehead atoms. The van der Waals surface area contributed by atoms with Crippen molar-refractivity contribution >= 4 is 5.91 Å². The number of amides is 1. The molecule has 1 amide bonds. The standard InChI is InChI=1S/C19H25N3O3/c1-14-18(15(2)25-21-14)8-9-19(23)22-11-5-7-17(12-22)24-13-16-6-3-4-10-20-16/h3-4,6,10,17H,5,7-9,11-13H2,1-2H3/t17-/m0/s1. The topological polar surface area (TPSA) is 68.5 Å². The molecule has 0 N–H and O–H groups in total. The summed E-state index contributed by atoms with van der Waals surface area (Å²) in [4.78, 5) is 18.7. The number of hydrogen-bond acceptors (Lipinski definition) is 5. The predicted octanol–water partition coefficient (Wildman–Crippen LogP) is 2.83. The molecule has 3 heterocycles. The molecule has 134 valence electrons. The van der Waals surface area contributed by atoms with Gasteiger partial charge in [-0.2, -0.15) is 0 Å². The second kappa shape index (κ2) is 8.25. The summed E-state index contributed by atoms with van der Waals surface area (Å²) < 4.78 is 11.1. The Morgan fingerprint density at radius 3 is 3.00 bits per heavy atom. The van der Waals surface area contributed by atoms with Gasteiger partial charge in [-0.25, -0.2) is 0 Å². The first-order valence-electron chi connectivity index (χ1n) is 8.84. The molecule has 1 fully saturated rings. The Balaban J connectivity index is 1.48.